The number of likely N-dealkylation sites (N-methyl/N-ethyl adjacent to an activating group) is 1. The van der Waals surface area contributed by atoms with Gasteiger partial charge < -0.3 is 10.4 Å². The number of nitrogens with one attached hydrogen (secondary N) is 1. The number of aliphatic hydroxyl groups excluding tert-OH is 1. The molecule has 0 aromatic heterocycles. The summed E-state index contributed by atoms with van der Waals surface area (Å²) < 4.78 is 21.8. The van der Waals surface area contributed by atoms with E-state index in [1.807, 2.05) is 13.8 Å². The molecule has 0 fully saturated rings. The maximum atomic E-state index is 10.9. The predicted molar refractivity (Wildman–Crippen MR) is 75.4 cm³/mol. The standard InChI is InChI=1S/C11H25NO3S2/c1-4-12-11(2,10-13)6-5-7-16-8-9-17(3,14)15/h12-13H,4-10H2,1-3H3. The molecule has 0 rings (SSSR count). The van der Waals surface area contributed by atoms with E-state index in [9.17, 15) is 13.5 Å². The fourth-order valence-electron chi connectivity index (χ4n) is 1.53. The first kappa shape index (κ1) is 17.2. The van der Waals surface area contributed by atoms with Gasteiger partial charge in [-0.05, 0) is 32.1 Å². The molecule has 2 N–H and O–H groups in total. The van der Waals surface area contributed by atoms with Crippen LogP contribution in [0.2, 0.25) is 0 Å². The Hall–Kier alpha value is 0.220. The minimum atomic E-state index is -2.83. The Bertz CT molecular complexity index is 293. The summed E-state index contributed by atoms with van der Waals surface area (Å²) in [4.78, 5) is 0. The van der Waals surface area contributed by atoms with Crippen molar-refractivity contribution in [1.82, 2.24) is 5.32 Å². The quantitative estimate of drug-likeness (QED) is 0.583. The van der Waals surface area contributed by atoms with Crippen LogP contribution in [0.1, 0.15) is 26.7 Å². The third-order valence-corrected chi connectivity index (χ3v) is 4.84. The topological polar surface area (TPSA) is 66.4 Å². The normalized spacial score (nSPS) is 15.8. The highest BCUT2D eigenvalue weighted by molar-refractivity contribution is 8.00. The monoisotopic (exact) mass is 283 g/mol. The van der Waals surface area contributed by atoms with Crippen molar-refractivity contribution in [2.24, 2.45) is 0 Å². The molecule has 6 heteroatoms. The van der Waals surface area contributed by atoms with Gasteiger partial charge in [-0.15, -0.1) is 0 Å². The van der Waals surface area contributed by atoms with Gasteiger partial charge in [0.25, 0.3) is 0 Å². The van der Waals surface area contributed by atoms with Gasteiger partial charge in [0.15, 0.2) is 0 Å². The highest BCUT2D eigenvalue weighted by atomic mass is 32.2. The van der Waals surface area contributed by atoms with E-state index >= 15 is 0 Å². The molecular weight excluding hydrogens is 258 g/mol. The fraction of sp³-hybridized carbons (Fsp3) is 1.00. The SMILES string of the molecule is CCNC(C)(CO)CCCSCCS(C)(=O)=O. The Morgan fingerprint density at radius 1 is 1.35 bits per heavy atom. The van der Waals surface area contributed by atoms with E-state index in [1.54, 1.807) is 11.8 Å². The minimum Gasteiger partial charge on any atom is -0.394 e. The molecule has 1 atom stereocenters. The number of hydrogen-bond acceptors (Lipinski definition) is 5. The Labute approximate surface area is 109 Å². The Morgan fingerprint density at radius 2 is 2.00 bits per heavy atom. The van der Waals surface area contributed by atoms with E-state index in [-0.39, 0.29) is 17.9 Å². The van der Waals surface area contributed by atoms with E-state index < -0.39 is 9.84 Å². The van der Waals surface area contributed by atoms with Crippen molar-refractivity contribution < 1.29 is 13.5 Å². The molecule has 17 heavy (non-hydrogen) atoms. The molecule has 0 aliphatic heterocycles. The lowest BCUT2D eigenvalue weighted by molar-refractivity contribution is 0.167. The van der Waals surface area contributed by atoms with Gasteiger partial charge >= 0.3 is 0 Å². The molecule has 4 nitrogen and oxygen atoms in total. The molecule has 0 bridgehead atoms. The first-order chi connectivity index (χ1) is 7.83. The molecule has 0 aromatic rings. The zero-order valence-corrected chi connectivity index (χ0v) is 12.7. The highest BCUT2D eigenvalue weighted by Gasteiger charge is 2.20. The van der Waals surface area contributed by atoms with E-state index in [0.29, 0.717) is 5.75 Å². The Kier molecular flexibility index (Phi) is 8.45. The van der Waals surface area contributed by atoms with Crippen LogP contribution in [-0.4, -0.2) is 55.7 Å². The molecule has 0 aliphatic rings. The molecule has 0 saturated heterocycles. The molecule has 0 saturated carbocycles. The van der Waals surface area contributed by atoms with Gasteiger partial charge in [-0.2, -0.15) is 11.8 Å². The summed E-state index contributed by atoms with van der Waals surface area (Å²) in [5.41, 5.74) is -0.202. The Morgan fingerprint density at radius 3 is 2.47 bits per heavy atom. The zero-order chi connectivity index (χ0) is 13.4. The smallest absolute Gasteiger partial charge is 0.148 e. The number of sulfone groups is 1. The van der Waals surface area contributed by atoms with Gasteiger partial charge in [0.2, 0.25) is 0 Å². The van der Waals surface area contributed by atoms with Crippen LogP contribution >= 0.6 is 11.8 Å². The molecule has 0 heterocycles. The van der Waals surface area contributed by atoms with Crippen molar-refractivity contribution in [3.05, 3.63) is 0 Å². The summed E-state index contributed by atoms with van der Waals surface area (Å²) in [6, 6.07) is 0. The number of rotatable bonds is 10. The lowest BCUT2D eigenvalue weighted by atomic mass is 9.97. The van der Waals surface area contributed by atoms with Crippen LogP contribution in [0.5, 0.6) is 0 Å². The largest absolute Gasteiger partial charge is 0.394 e. The predicted octanol–water partition coefficient (Wildman–Crippen LogP) is 0.905. The lowest BCUT2D eigenvalue weighted by Gasteiger charge is -2.28. The number of thioether (sulfide) groups is 1. The van der Waals surface area contributed by atoms with Gasteiger partial charge in [0, 0.05) is 17.5 Å². The van der Waals surface area contributed by atoms with Crippen LogP contribution < -0.4 is 5.32 Å². The van der Waals surface area contributed by atoms with Gasteiger partial charge in [-0.3, -0.25) is 0 Å². The third-order valence-electron chi connectivity index (χ3n) is 2.57. The second-order valence-corrected chi connectivity index (χ2v) is 8.08. The average Bonchev–Trinajstić information content (AvgIpc) is 2.22. The second-order valence-electron chi connectivity index (χ2n) is 4.59. The third kappa shape index (κ3) is 9.88. The maximum absolute atomic E-state index is 10.9. The average molecular weight is 283 g/mol. The van der Waals surface area contributed by atoms with Crippen molar-refractivity contribution in [2.45, 2.75) is 32.2 Å². The summed E-state index contributed by atoms with van der Waals surface area (Å²) in [7, 11) is -2.83. The van der Waals surface area contributed by atoms with Crippen LogP contribution in [-0.2, 0) is 9.84 Å². The van der Waals surface area contributed by atoms with Crippen LogP contribution in [0.3, 0.4) is 0 Å². The first-order valence-electron chi connectivity index (χ1n) is 5.94. The summed E-state index contributed by atoms with van der Waals surface area (Å²) >= 11 is 1.66. The van der Waals surface area contributed by atoms with Crippen LogP contribution in [0.4, 0.5) is 0 Å². The summed E-state index contributed by atoms with van der Waals surface area (Å²) in [6.45, 7) is 5.01. The van der Waals surface area contributed by atoms with Gasteiger partial charge in [-0.1, -0.05) is 6.92 Å². The lowest BCUT2D eigenvalue weighted by Crippen LogP contribution is -2.45. The minimum absolute atomic E-state index is 0.134. The Balaban J connectivity index is 3.63. The number of aliphatic hydroxyl groups is 1. The molecule has 0 spiro atoms. The van der Waals surface area contributed by atoms with Crippen molar-refractivity contribution in [3.63, 3.8) is 0 Å². The van der Waals surface area contributed by atoms with E-state index in [4.69, 9.17) is 0 Å². The summed E-state index contributed by atoms with van der Waals surface area (Å²) in [5.74, 6) is 1.86. The van der Waals surface area contributed by atoms with Gasteiger partial charge in [-0.25, -0.2) is 8.42 Å². The molecule has 0 radical (unpaired) electrons. The van der Waals surface area contributed by atoms with Crippen molar-refractivity contribution >= 4 is 21.6 Å². The summed E-state index contributed by atoms with van der Waals surface area (Å²) in [5, 5.41) is 12.5. The van der Waals surface area contributed by atoms with E-state index in [0.717, 1.165) is 25.1 Å². The zero-order valence-electron chi connectivity index (χ0n) is 11.0. The van der Waals surface area contributed by atoms with E-state index in [2.05, 4.69) is 5.32 Å². The highest BCUT2D eigenvalue weighted by Crippen LogP contribution is 2.14. The van der Waals surface area contributed by atoms with Crippen LogP contribution in [0.15, 0.2) is 0 Å². The molecule has 0 aromatic carbocycles. The van der Waals surface area contributed by atoms with Gasteiger partial charge in [0.05, 0.1) is 12.4 Å². The number of hydrogen-bond donors (Lipinski definition) is 2. The molecule has 104 valence electrons. The van der Waals surface area contributed by atoms with Gasteiger partial charge in [0.1, 0.15) is 9.84 Å². The van der Waals surface area contributed by atoms with Crippen molar-refractivity contribution in [3.8, 4) is 0 Å². The maximum Gasteiger partial charge on any atom is 0.148 e. The first-order valence-corrected chi connectivity index (χ1v) is 9.16. The van der Waals surface area contributed by atoms with Crippen molar-refractivity contribution in [1.29, 1.82) is 0 Å². The molecule has 1 unspecified atom stereocenters. The fourth-order valence-corrected chi connectivity index (χ4v) is 3.76. The molecule has 0 amide bonds. The summed E-state index contributed by atoms with van der Waals surface area (Å²) in [6.07, 6.45) is 3.16. The van der Waals surface area contributed by atoms with E-state index in [1.165, 1.54) is 6.26 Å². The van der Waals surface area contributed by atoms with Crippen LogP contribution in [0.25, 0.3) is 0 Å². The molecule has 0 aliphatic carbocycles. The van der Waals surface area contributed by atoms with Crippen molar-refractivity contribution in [2.75, 3.05) is 36.7 Å². The molecular formula is C11H25NO3S2. The van der Waals surface area contributed by atoms with Crippen LogP contribution in [0, 0.1) is 0 Å². The second kappa shape index (κ2) is 8.34.